The highest BCUT2D eigenvalue weighted by atomic mass is 35.5. The Morgan fingerprint density at radius 2 is 2.06 bits per heavy atom. The average molecular weight is 242 g/mol. The second-order valence-corrected chi connectivity index (χ2v) is 4.14. The summed E-state index contributed by atoms with van der Waals surface area (Å²) in [7, 11) is 0. The predicted molar refractivity (Wildman–Crippen MR) is 64.7 cm³/mol. The molecule has 88 valence electrons. The number of carboxylic acids is 1. The lowest BCUT2D eigenvalue weighted by molar-refractivity contribution is -0.137. The van der Waals surface area contributed by atoms with Gasteiger partial charge in [0.05, 0.1) is 5.50 Å². The molecule has 1 atom stereocenters. The number of nitrogens with one attached hydrogen (secondary N) is 1. The highest BCUT2D eigenvalue weighted by Gasteiger charge is 2.04. The van der Waals surface area contributed by atoms with E-state index in [1.807, 2.05) is 30.3 Å². The van der Waals surface area contributed by atoms with E-state index in [4.69, 9.17) is 16.7 Å². The van der Waals surface area contributed by atoms with Gasteiger partial charge in [-0.2, -0.15) is 0 Å². The second kappa shape index (κ2) is 7.25. The van der Waals surface area contributed by atoms with Gasteiger partial charge in [-0.3, -0.25) is 4.79 Å². The number of hydrogen-bond donors (Lipinski definition) is 2. The molecule has 1 rings (SSSR count). The van der Waals surface area contributed by atoms with E-state index in [9.17, 15) is 4.79 Å². The van der Waals surface area contributed by atoms with Crippen molar-refractivity contribution < 1.29 is 9.90 Å². The maximum absolute atomic E-state index is 10.3. The van der Waals surface area contributed by atoms with Crippen molar-refractivity contribution in [3.63, 3.8) is 0 Å². The molecular weight excluding hydrogens is 226 g/mol. The fourth-order valence-corrected chi connectivity index (χ4v) is 1.68. The van der Waals surface area contributed by atoms with Gasteiger partial charge in [0.15, 0.2) is 0 Å². The lowest BCUT2D eigenvalue weighted by Crippen LogP contribution is -2.27. The molecule has 0 saturated carbocycles. The first-order valence-corrected chi connectivity index (χ1v) is 5.75. The van der Waals surface area contributed by atoms with Crippen LogP contribution in [0, 0.1) is 0 Å². The Bertz CT molecular complexity index is 316. The fourth-order valence-electron chi connectivity index (χ4n) is 1.39. The van der Waals surface area contributed by atoms with E-state index in [0.717, 1.165) is 6.42 Å². The van der Waals surface area contributed by atoms with Crippen molar-refractivity contribution in [2.45, 2.75) is 24.8 Å². The van der Waals surface area contributed by atoms with E-state index in [0.29, 0.717) is 13.0 Å². The molecule has 0 spiro atoms. The van der Waals surface area contributed by atoms with Crippen LogP contribution in [-0.4, -0.2) is 23.1 Å². The molecule has 0 bridgehead atoms. The van der Waals surface area contributed by atoms with Crippen LogP contribution in [0.3, 0.4) is 0 Å². The molecular formula is C12H16ClNO2. The van der Waals surface area contributed by atoms with Crippen LogP contribution < -0.4 is 5.32 Å². The number of rotatable bonds is 7. The average Bonchev–Trinajstić information content (AvgIpc) is 2.25. The molecule has 3 nitrogen and oxygen atoms in total. The monoisotopic (exact) mass is 241 g/mol. The summed E-state index contributed by atoms with van der Waals surface area (Å²) in [4.78, 5) is 10.3. The van der Waals surface area contributed by atoms with Crippen LogP contribution in [0.1, 0.15) is 18.4 Å². The van der Waals surface area contributed by atoms with Crippen molar-refractivity contribution in [2.24, 2.45) is 0 Å². The number of hydrogen-bond acceptors (Lipinski definition) is 2. The number of aliphatic carboxylic acids is 1. The van der Waals surface area contributed by atoms with E-state index in [1.165, 1.54) is 5.56 Å². The molecule has 0 aliphatic rings. The van der Waals surface area contributed by atoms with Crippen molar-refractivity contribution >= 4 is 17.6 Å². The third-order valence-electron chi connectivity index (χ3n) is 2.19. The molecule has 0 amide bonds. The van der Waals surface area contributed by atoms with Crippen molar-refractivity contribution in [3.05, 3.63) is 35.9 Å². The molecule has 0 saturated heterocycles. The standard InChI is InChI=1S/C12H16ClNO2/c13-11(14-8-4-7-12(15)16)9-10-5-2-1-3-6-10/h1-3,5-6,11,14H,4,7-9H2,(H,15,16). The zero-order valence-corrected chi connectivity index (χ0v) is 9.78. The smallest absolute Gasteiger partial charge is 0.303 e. The minimum absolute atomic E-state index is 0.142. The number of carboxylic acid groups (broad SMARTS) is 1. The summed E-state index contributed by atoms with van der Waals surface area (Å²) >= 11 is 6.07. The lowest BCUT2D eigenvalue weighted by Gasteiger charge is -2.11. The van der Waals surface area contributed by atoms with Gasteiger partial charge in [0.2, 0.25) is 0 Å². The predicted octanol–water partition coefficient (Wildman–Crippen LogP) is 2.25. The van der Waals surface area contributed by atoms with Gasteiger partial charge in [0.1, 0.15) is 0 Å². The highest BCUT2D eigenvalue weighted by molar-refractivity contribution is 6.20. The molecule has 0 aliphatic heterocycles. The fraction of sp³-hybridized carbons (Fsp3) is 0.417. The molecule has 4 heteroatoms. The van der Waals surface area contributed by atoms with Gasteiger partial charge < -0.3 is 10.4 Å². The summed E-state index contributed by atoms with van der Waals surface area (Å²) in [5.41, 5.74) is 1.03. The SMILES string of the molecule is O=C(O)CCCNC(Cl)Cc1ccccc1. The summed E-state index contributed by atoms with van der Waals surface area (Å²) in [5.74, 6) is -0.768. The summed E-state index contributed by atoms with van der Waals surface area (Å²) < 4.78 is 0. The molecule has 0 fully saturated rings. The maximum atomic E-state index is 10.3. The first kappa shape index (κ1) is 13.0. The molecule has 2 N–H and O–H groups in total. The Kier molecular flexibility index (Phi) is 5.90. The lowest BCUT2D eigenvalue weighted by atomic mass is 10.1. The molecule has 16 heavy (non-hydrogen) atoms. The Morgan fingerprint density at radius 3 is 2.69 bits per heavy atom. The molecule has 1 aromatic carbocycles. The first-order valence-electron chi connectivity index (χ1n) is 5.31. The van der Waals surface area contributed by atoms with Gasteiger partial charge in [-0.15, -0.1) is 11.6 Å². The molecule has 0 aliphatic carbocycles. The Morgan fingerprint density at radius 1 is 1.38 bits per heavy atom. The molecule has 0 aromatic heterocycles. The van der Waals surface area contributed by atoms with Gasteiger partial charge >= 0.3 is 5.97 Å². The Labute approximate surface area is 100 Å². The van der Waals surface area contributed by atoms with Crippen molar-refractivity contribution in [2.75, 3.05) is 6.54 Å². The van der Waals surface area contributed by atoms with Crippen molar-refractivity contribution in [1.29, 1.82) is 0 Å². The Hall–Kier alpha value is -1.06. The van der Waals surface area contributed by atoms with Crippen LogP contribution in [0.15, 0.2) is 30.3 Å². The number of halogens is 1. The van der Waals surface area contributed by atoms with E-state index < -0.39 is 5.97 Å². The second-order valence-electron chi connectivity index (χ2n) is 3.61. The van der Waals surface area contributed by atoms with Gasteiger partial charge in [0, 0.05) is 12.8 Å². The molecule has 1 unspecified atom stereocenters. The first-order chi connectivity index (χ1) is 7.68. The zero-order chi connectivity index (χ0) is 11.8. The van der Waals surface area contributed by atoms with Crippen LogP contribution in [0.5, 0.6) is 0 Å². The number of benzene rings is 1. The zero-order valence-electron chi connectivity index (χ0n) is 9.03. The normalized spacial score (nSPS) is 12.3. The summed E-state index contributed by atoms with van der Waals surface area (Å²) in [5, 5.41) is 11.5. The van der Waals surface area contributed by atoms with E-state index in [1.54, 1.807) is 0 Å². The van der Waals surface area contributed by atoms with Crippen LogP contribution in [0.2, 0.25) is 0 Å². The summed E-state index contributed by atoms with van der Waals surface area (Å²) in [6, 6.07) is 9.96. The largest absolute Gasteiger partial charge is 0.481 e. The minimum Gasteiger partial charge on any atom is -0.481 e. The van der Waals surface area contributed by atoms with Crippen molar-refractivity contribution in [3.8, 4) is 0 Å². The van der Waals surface area contributed by atoms with E-state index >= 15 is 0 Å². The summed E-state index contributed by atoms with van der Waals surface area (Å²) in [6.45, 7) is 0.632. The van der Waals surface area contributed by atoms with Crippen LogP contribution in [0.4, 0.5) is 0 Å². The third kappa shape index (κ3) is 5.73. The van der Waals surface area contributed by atoms with Gasteiger partial charge in [-0.25, -0.2) is 0 Å². The molecule has 0 heterocycles. The van der Waals surface area contributed by atoms with E-state index in [-0.39, 0.29) is 11.9 Å². The number of alkyl halides is 1. The van der Waals surface area contributed by atoms with Crippen LogP contribution >= 0.6 is 11.6 Å². The molecule has 0 radical (unpaired) electrons. The van der Waals surface area contributed by atoms with Gasteiger partial charge in [0.25, 0.3) is 0 Å². The third-order valence-corrected chi connectivity index (χ3v) is 2.50. The topological polar surface area (TPSA) is 49.3 Å². The van der Waals surface area contributed by atoms with Crippen LogP contribution in [-0.2, 0) is 11.2 Å². The minimum atomic E-state index is -0.768. The quantitative estimate of drug-likeness (QED) is 0.437. The van der Waals surface area contributed by atoms with Gasteiger partial charge in [-0.05, 0) is 18.5 Å². The highest BCUT2D eigenvalue weighted by Crippen LogP contribution is 2.05. The van der Waals surface area contributed by atoms with Crippen molar-refractivity contribution in [1.82, 2.24) is 5.32 Å². The maximum Gasteiger partial charge on any atom is 0.303 e. The Balaban J connectivity index is 2.16. The molecule has 1 aromatic rings. The van der Waals surface area contributed by atoms with E-state index in [2.05, 4.69) is 5.32 Å². The van der Waals surface area contributed by atoms with Crippen LogP contribution in [0.25, 0.3) is 0 Å². The summed E-state index contributed by atoms with van der Waals surface area (Å²) in [6.07, 6.45) is 1.53. The van der Waals surface area contributed by atoms with Gasteiger partial charge in [-0.1, -0.05) is 30.3 Å². The number of carbonyl (C=O) groups is 1.